The van der Waals surface area contributed by atoms with Crippen molar-refractivity contribution in [3.05, 3.63) is 23.7 Å². The number of rotatable bonds is 5. The number of nitrogens with two attached hydrogens (primary N) is 1. The van der Waals surface area contributed by atoms with E-state index in [9.17, 15) is 0 Å². The Balaban J connectivity index is 2.69. The summed E-state index contributed by atoms with van der Waals surface area (Å²) in [5.41, 5.74) is 5.90. The zero-order chi connectivity index (χ0) is 12.3. The first-order valence-corrected chi connectivity index (χ1v) is 5.81. The molecule has 0 bridgehead atoms. The summed E-state index contributed by atoms with van der Waals surface area (Å²) in [5, 5.41) is 0. The summed E-state index contributed by atoms with van der Waals surface area (Å²) in [4.78, 5) is 2.18. The molecular weight excluding hydrogens is 200 g/mol. The lowest BCUT2D eigenvalue weighted by Gasteiger charge is -2.26. The van der Waals surface area contributed by atoms with Crippen molar-refractivity contribution in [3.63, 3.8) is 0 Å². The Bertz CT molecular complexity index is 323. The fourth-order valence-corrected chi connectivity index (χ4v) is 1.80. The van der Waals surface area contributed by atoms with Crippen molar-refractivity contribution in [2.75, 3.05) is 14.1 Å². The maximum absolute atomic E-state index is 6.02. The normalized spacial score (nSPS) is 14.4. The van der Waals surface area contributed by atoms with Crippen molar-refractivity contribution < 1.29 is 4.42 Å². The van der Waals surface area contributed by atoms with Gasteiger partial charge in [-0.05, 0) is 59.8 Å². The molecule has 3 heteroatoms. The van der Waals surface area contributed by atoms with Crippen molar-refractivity contribution in [2.24, 2.45) is 5.73 Å². The molecule has 1 aromatic rings. The fraction of sp³-hybridized carbons (Fsp3) is 0.692. The Labute approximate surface area is 98.6 Å². The monoisotopic (exact) mass is 224 g/mol. The minimum absolute atomic E-state index is 0.115. The maximum Gasteiger partial charge on any atom is 0.121 e. The van der Waals surface area contributed by atoms with E-state index < -0.39 is 0 Å². The second-order valence-corrected chi connectivity index (χ2v) is 5.46. The molecule has 0 aliphatic carbocycles. The molecule has 1 aromatic heterocycles. The number of nitrogens with zero attached hydrogens (tertiary/aromatic N) is 1. The van der Waals surface area contributed by atoms with Crippen LogP contribution in [-0.4, -0.2) is 24.5 Å². The van der Waals surface area contributed by atoms with E-state index in [1.165, 1.54) is 0 Å². The Morgan fingerprint density at radius 1 is 1.38 bits per heavy atom. The fourth-order valence-electron chi connectivity index (χ4n) is 1.80. The van der Waals surface area contributed by atoms with Crippen LogP contribution in [0.1, 0.15) is 44.3 Å². The van der Waals surface area contributed by atoms with Crippen LogP contribution < -0.4 is 5.73 Å². The zero-order valence-corrected chi connectivity index (χ0v) is 11.1. The molecule has 1 rings (SSSR count). The highest BCUT2D eigenvalue weighted by atomic mass is 16.3. The van der Waals surface area contributed by atoms with Crippen LogP contribution in [-0.2, 0) is 0 Å². The van der Waals surface area contributed by atoms with Gasteiger partial charge in [-0.2, -0.15) is 0 Å². The maximum atomic E-state index is 6.02. The lowest BCUT2D eigenvalue weighted by Crippen LogP contribution is -2.33. The van der Waals surface area contributed by atoms with Gasteiger partial charge in [0.15, 0.2) is 0 Å². The highest BCUT2D eigenvalue weighted by Crippen LogP contribution is 2.27. The molecule has 0 aliphatic rings. The topological polar surface area (TPSA) is 42.4 Å². The van der Waals surface area contributed by atoms with Crippen molar-refractivity contribution in [2.45, 2.75) is 45.2 Å². The molecule has 2 N–H and O–H groups in total. The lowest BCUT2D eigenvalue weighted by atomic mass is 9.95. The summed E-state index contributed by atoms with van der Waals surface area (Å²) >= 11 is 0. The van der Waals surface area contributed by atoms with Gasteiger partial charge in [-0.1, -0.05) is 0 Å². The third-order valence-corrected chi connectivity index (χ3v) is 2.78. The minimum Gasteiger partial charge on any atom is -0.465 e. The minimum atomic E-state index is -0.115. The quantitative estimate of drug-likeness (QED) is 0.836. The van der Waals surface area contributed by atoms with Gasteiger partial charge in [0.2, 0.25) is 0 Å². The molecule has 1 unspecified atom stereocenters. The van der Waals surface area contributed by atoms with E-state index in [-0.39, 0.29) is 5.54 Å². The molecule has 1 heterocycles. The van der Waals surface area contributed by atoms with Crippen LogP contribution in [0.5, 0.6) is 0 Å². The van der Waals surface area contributed by atoms with Gasteiger partial charge >= 0.3 is 0 Å². The molecule has 16 heavy (non-hydrogen) atoms. The average Bonchev–Trinajstić information content (AvgIpc) is 2.49. The van der Waals surface area contributed by atoms with Crippen LogP contribution in [0, 0.1) is 6.92 Å². The average molecular weight is 224 g/mol. The molecule has 1 atom stereocenters. The first-order chi connectivity index (χ1) is 7.29. The van der Waals surface area contributed by atoms with Crippen molar-refractivity contribution in [1.82, 2.24) is 4.90 Å². The van der Waals surface area contributed by atoms with Gasteiger partial charge in [0, 0.05) is 5.54 Å². The Morgan fingerprint density at radius 2 is 2.00 bits per heavy atom. The Morgan fingerprint density at radius 3 is 2.38 bits per heavy atom. The summed E-state index contributed by atoms with van der Waals surface area (Å²) < 4.78 is 5.69. The molecule has 3 nitrogen and oxygen atoms in total. The zero-order valence-electron chi connectivity index (χ0n) is 11.1. The summed E-state index contributed by atoms with van der Waals surface area (Å²) in [5.74, 6) is 2.00. The van der Waals surface area contributed by atoms with Gasteiger partial charge in [-0.3, -0.25) is 4.90 Å². The number of aryl methyl sites for hydroxylation is 1. The van der Waals surface area contributed by atoms with Gasteiger partial charge in [0.05, 0.1) is 6.04 Å². The predicted molar refractivity (Wildman–Crippen MR) is 67.4 cm³/mol. The summed E-state index contributed by atoms with van der Waals surface area (Å²) in [6.07, 6.45) is 2.00. The summed E-state index contributed by atoms with van der Waals surface area (Å²) in [7, 11) is 4.15. The Hall–Kier alpha value is -0.800. The van der Waals surface area contributed by atoms with Gasteiger partial charge in [-0.25, -0.2) is 0 Å². The van der Waals surface area contributed by atoms with Crippen LogP contribution >= 0.6 is 0 Å². The van der Waals surface area contributed by atoms with Crippen molar-refractivity contribution >= 4 is 0 Å². The van der Waals surface area contributed by atoms with Crippen molar-refractivity contribution in [3.8, 4) is 0 Å². The second kappa shape index (κ2) is 5.02. The van der Waals surface area contributed by atoms with Crippen LogP contribution in [0.2, 0.25) is 0 Å². The van der Waals surface area contributed by atoms with Crippen molar-refractivity contribution in [1.29, 1.82) is 0 Å². The van der Waals surface area contributed by atoms with E-state index in [2.05, 4.69) is 38.9 Å². The van der Waals surface area contributed by atoms with Crippen LogP contribution in [0.25, 0.3) is 0 Å². The van der Waals surface area contributed by atoms with Gasteiger partial charge in [0.1, 0.15) is 11.5 Å². The van der Waals surface area contributed by atoms with E-state index in [1.54, 1.807) is 0 Å². The van der Waals surface area contributed by atoms with E-state index in [0.717, 1.165) is 24.4 Å². The molecule has 0 fully saturated rings. The number of hydrogen-bond donors (Lipinski definition) is 1. The first kappa shape index (κ1) is 13.3. The van der Waals surface area contributed by atoms with Gasteiger partial charge < -0.3 is 10.2 Å². The van der Waals surface area contributed by atoms with E-state index in [4.69, 9.17) is 10.2 Å². The summed E-state index contributed by atoms with van der Waals surface area (Å²) in [6, 6.07) is 4.39. The van der Waals surface area contributed by atoms with E-state index >= 15 is 0 Å². The largest absolute Gasteiger partial charge is 0.465 e. The molecule has 0 saturated carbocycles. The van der Waals surface area contributed by atoms with E-state index in [1.807, 2.05) is 13.0 Å². The molecule has 0 aliphatic heterocycles. The SMILES string of the molecule is Cc1ccc(C(CCC(C)(C)N)N(C)C)o1. The highest BCUT2D eigenvalue weighted by molar-refractivity contribution is 5.09. The molecule has 0 aromatic carbocycles. The highest BCUT2D eigenvalue weighted by Gasteiger charge is 2.21. The number of furan rings is 1. The van der Waals surface area contributed by atoms with Crippen LogP contribution in [0.3, 0.4) is 0 Å². The molecular formula is C13H24N2O. The van der Waals surface area contributed by atoms with Gasteiger partial charge in [0.25, 0.3) is 0 Å². The first-order valence-electron chi connectivity index (χ1n) is 5.81. The summed E-state index contributed by atoms with van der Waals surface area (Å²) in [6.45, 7) is 6.10. The molecule has 92 valence electrons. The standard InChI is InChI=1S/C13H24N2O/c1-10-6-7-12(16-10)11(15(4)5)8-9-13(2,3)14/h6-7,11H,8-9,14H2,1-5H3. The van der Waals surface area contributed by atoms with Crippen LogP contribution in [0.4, 0.5) is 0 Å². The third kappa shape index (κ3) is 3.99. The molecule has 0 amide bonds. The Kier molecular flexibility index (Phi) is 4.16. The number of hydrogen-bond acceptors (Lipinski definition) is 3. The molecule has 0 saturated heterocycles. The second-order valence-electron chi connectivity index (χ2n) is 5.46. The van der Waals surface area contributed by atoms with Crippen LogP contribution in [0.15, 0.2) is 16.5 Å². The predicted octanol–water partition coefficient (Wildman–Crippen LogP) is 2.71. The molecule has 0 spiro atoms. The third-order valence-electron chi connectivity index (χ3n) is 2.78. The smallest absolute Gasteiger partial charge is 0.121 e. The van der Waals surface area contributed by atoms with Gasteiger partial charge in [-0.15, -0.1) is 0 Å². The van der Waals surface area contributed by atoms with E-state index in [0.29, 0.717) is 6.04 Å². The molecule has 0 radical (unpaired) electrons. The lowest BCUT2D eigenvalue weighted by molar-refractivity contribution is 0.226.